The zero-order valence-corrected chi connectivity index (χ0v) is 12.3. The molecule has 1 unspecified atom stereocenters. The van der Waals surface area contributed by atoms with E-state index in [-0.39, 0.29) is 19.5 Å². The number of nitrogens with two attached hydrogens (primary N) is 1. The number of nitrogens with one attached hydrogen (secondary N) is 1. The fourth-order valence-corrected chi connectivity index (χ4v) is 3.08. The number of aromatic nitrogens is 1. The van der Waals surface area contributed by atoms with Gasteiger partial charge in [-0.2, -0.15) is 17.7 Å². The van der Waals surface area contributed by atoms with Crippen molar-refractivity contribution in [3.05, 3.63) is 12.0 Å². The van der Waals surface area contributed by atoms with Crippen LogP contribution in [0.2, 0.25) is 0 Å². The largest absolute Gasteiger partial charge is 0.416 e. The number of hydrogen-bond acceptors (Lipinski definition) is 8. The molecule has 2 rings (SSSR count). The average molecular weight is 334 g/mol. The number of amides is 2. The lowest BCUT2D eigenvalue weighted by atomic mass is 10.1. The van der Waals surface area contributed by atoms with Gasteiger partial charge in [0, 0.05) is 13.1 Å². The van der Waals surface area contributed by atoms with Crippen LogP contribution in [0.4, 0.5) is 4.79 Å². The Bertz CT molecular complexity index is 696. The molecule has 22 heavy (non-hydrogen) atoms. The Hall–Kier alpha value is -2.18. The van der Waals surface area contributed by atoms with E-state index in [0.29, 0.717) is 0 Å². The van der Waals surface area contributed by atoms with Crippen molar-refractivity contribution in [1.29, 1.82) is 0 Å². The molecule has 1 atom stereocenters. The van der Waals surface area contributed by atoms with Crippen LogP contribution >= 0.6 is 0 Å². The Kier molecular flexibility index (Phi) is 4.08. The van der Waals surface area contributed by atoms with Crippen LogP contribution in [0.15, 0.2) is 10.7 Å². The second kappa shape index (κ2) is 5.55. The maximum Gasteiger partial charge on any atom is 0.413 e. The first kappa shape index (κ1) is 16.2. The first-order chi connectivity index (χ1) is 10.1. The van der Waals surface area contributed by atoms with Gasteiger partial charge in [0.1, 0.15) is 6.26 Å². The van der Waals surface area contributed by atoms with E-state index >= 15 is 0 Å². The highest BCUT2D eigenvalue weighted by atomic mass is 32.2. The summed E-state index contributed by atoms with van der Waals surface area (Å²) >= 11 is 0. The van der Waals surface area contributed by atoms with E-state index in [0.717, 1.165) is 10.6 Å². The monoisotopic (exact) mass is 334 g/mol. The third kappa shape index (κ3) is 3.72. The number of aliphatic hydroxyl groups is 1. The molecular weight excluding hydrogens is 320 g/mol. The molecule has 1 fully saturated rings. The summed E-state index contributed by atoms with van der Waals surface area (Å²) in [5.74, 6) is -1.07. The van der Waals surface area contributed by atoms with Crippen molar-refractivity contribution in [2.45, 2.75) is 18.9 Å². The van der Waals surface area contributed by atoms with E-state index in [1.807, 2.05) is 0 Å². The van der Waals surface area contributed by atoms with Gasteiger partial charge in [-0.05, 0) is 13.3 Å². The standard InChI is InChI=1S/C10H14N4O7S/c1-10(17)2-3-14(5-10)22(18,19)13-7(15)6-4-20-9(12-6)21-8(11)16/h4,17H,2-3,5H2,1H3,(H2,11,16)(H,13,15). The number of hydrogen-bond donors (Lipinski definition) is 3. The molecular formula is C10H14N4O7S. The topological polar surface area (TPSA) is 165 Å². The molecule has 1 saturated heterocycles. The SMILES string of the molecule is CC1(O)CCN(S(=O)(=O)NC(=O)c2coc(OC(N)=O)n2)C1. The summed E-state index contributed by atoms with van der Waals surface area (Å²) in [5.41, 5.74) is 3.18. The first-order valence-corrected chi connectivity index (χ1v) is 7.50. The van der Waals surface area contributed by atoms with Gasteiger partial charge in [-0.25, -0.2) is 9.52 Å². The second-order valence-electron chi connectivity index (χ2n) is 4.94. The molecule has 12 heteroatoms. The molecule has 11 nitrogen and oxygen atoms in total. The van der Waals surface area contributed by atoms with Crippen LogP contribution in [0.3, 0.4) is 0 Å². The zero-order valence-electron chi connectivity index (χ0n) is 11.5. The third-order valence-corrected chi connectivity index (χ3v) is 4.32. The number of nitrogens with zero attached hydrogens (tertiary/aromatic N) is 2. The Morgan fingerprint density at radius 1 is 1.59 bits per heavy atom. The van der Waals surface area contributed by atoms with Crippen molar-refractivity contribution in [3.8, 4) is 6.08 Å². The minimum atomic E-state index is -4.13. The van der Waals surface area contributed by atoms with Crippen molar-refractivity contribution in [2.24, 2.45) is 5.73 Å². The van der Waals surface area contributed by atoms with Gasteiger partial charge in [0.2, 0.25) is 0 Å². The highest BCUT2D eigenvalue weighted by Crippen LogP contribution is 2.22. The van der Waals surface area contributed by atoms with Crippen LogP contribution in [0.25, 0.3) is 0 Å². The van der Waals surface area contributed by atoms with Gasteiger partial charge in [0.05, 0.1) is 5.60 Å². The molecule has 0 saturated carbocycles. The lowest BCUT2D eigenvalue weighted by Crippen LogP contribution is -2.44. The summed E-state index contributed by atoms with van der Waals surface area (Å²) in [5, 5.41) is 9.76. The molecule has 0 aromatic carbocycles. The van der Waals surface area contributed by atoms with E-state index in [1.165, 1.54) is 6.92 Å². The number of oxazole rings is 1. The lowest BCUT2D eigenvalue weighted by molar-refractivity contribution is 0.0758. The van der Waals surface area contributed by atoms with Crippen molar-refractivity contribution in [3.63, 3.8) is 0 Å². The van der Waals surface area contributed by atoms with Gasteiger partial charge in [-0.15, -0.1) is 0 Å². The number of β-amino-alcohol motifs (C(OH)–C–C–N with tert-alkyl or cyclic N) is 1. The zero-order chi connectivity index (χ0) is 16.5. The van der Waals surface area contributed by atoms with E-state index in [4.69, 9.17) is 5.73 Å². The molecule has 0 radical (unpaired) electrons. The highest BCUT2D eigenvalue weighted by molar-refractivity contribution is 7.87. The minimum Gasteiger partial charge on any atom is -0.416 e. The van der Waals surface area contributed by atoms with Crippen LogP contribution in [0.1, 0.15) is 23.8 Å². The Labute approximate surface area is 125 Å². The molecule has 4 N–H and O–H groups in total. The summed E-state index contributed by atoms with van der Waals surface area (Å²) in [4.78, 5) is 25.7. The van der Waals surface area contributed by atoms with E-state index in [1.54, 1.807) is 4.72 Å². The third-order valence-electron chi connectivity index (χ3n) is 2.88. The van der Waals surface area contributed by atoms with Gasteiger partial charge in [0.15, 0.2) is 5.69 Å². The second-order valence-corrected chi connectivity index (χ2v) is 6.61. The number of primary amides is 1. The fourth-order valence-electron chi connectivity index (χ4n) is 1.84. The van der Waals surface area contributed by atoms with Gasteiger partial charge in [-0.3, -0.25) is 4.79 Å². The van der Waals surface area contributed by atoms with Crippen LogP contribution in [0, 0.1) is 0 Å². The van der Waals surface area contributed by atoms with E-state index in [9.17, 15) is 23.1 Å². The van der Waals surface area contributed by atoms with Crippen molar-refractivity contribution >= 4 is 22.2 Å². The number of carbonyl (C=O) groups excluding carboxylic acids is 2. The van der Waals surface area contributed by atoms with Crippen LogP contribution in [-0.2, 0) is 10.2 Å². The predicted molar refractivity (Wildman–Crippen MR) is 69.9 cm³/mol. The summed E-state index contributed by atoms with van der Waals surface area (Å²) in [6, 6.07) is 0. The Morgan fingerprint density at radius 2 is 2.27 bits per heavy atom. The predicted octanol–water partition coefficient (Wildman–Crippen LogP) is -1.44. The smallest absolute Gasteiger partial charge is 0.413 e. The van der Waals surface area contributed by atoms with Crippen molar-refractivity contribution in [2.75, 3.05) is 13.1 Å². The van der Waals surface area contributed by atoms with E-state index in [2.05, 4.69) is 14.1 Å². The normalized spacial score (nSPS) is 22.5. The molecule has 0 aliphatic carbocycles. The van der Waals surface area contributed by atoms with Crippen LogP contribution in [-0.4, -0.2) is 53.5 Å². The Balaban J connectivity index is 2.05. The fraction of sp³-hybridized carbons (Fsp3) is 0.500. The van der Waals surface area contributed by atoms with E-state index < -0.39 is 39.6 Å². The van der Waals surface area contributed by atoms with Gasteiger partial charge >= 0.3 is 22.4 Å². The molecule has 1 aromatic heterocycles. The molecule has 0 bridgehead atoms. The van der Waals surface area contributed by atoms with Gasteiger partial charge in [0.25, 0.3) is 5.91 Å². The van der Waals surface area contributed by atoms with Gasteiger partial charge in [-0.1, -0.05) is 0 Å². The molecule has 2 heterocycles. The summed E-state index contributed by atoms with van der Waals surface area (Å²) in [6.45, 7) is 1.43. The number of ether oxygens (including phenoxy) is 1. The van der Waals surface area contributed by atoms with Crippen molar-refractivity contribution in [1.82, 2.24) is 14.0 Å². The lowest BCUT2D eigenvalue weighted by Gasteiger charge is -2.18. The average Bonchev–Trinajstić information content (AvgIpc) is 2.94. The number of carbonyl (C=O) groups is 2. The molecule has 1 aliphatic rings. The molecule has 0 spiro atoms. The highest BCUT2D eigenvalue weighted by Gasteiger charge is 2.38. The van der Waals surface area contributed by atoms with Crippen LogP contribution in [0.5, 0.6) is 6.08 Å². The van der Waals surface area contributed by atoms with Crippen molar-refractivity contribution < 1.29 is 32.3 Å². The maximum absolute atomic E-state index is 12.0. The summed E-state index contributed by atoms with van der Waals surface area (Å²) < 4.78 is 35.6. The molecule has 1 aliphatic heterocycles. The Morgan fingerprint density at radius 3 is 2.82 bits per heavy atom. The maximum atomic E-state index is 12.0. The molecule has 122 valence electrons. The number of rotatable bonds is 4. The molecule has 2 amide bonds. The molecule has 1 aromatic rings. The van der Waals surface area contributed by atoms with Gasteiger partial charge < -0.3 is 20.0 Å². The summed E-state index contributed by atoms with van der Waals surface area (Å²) in [6.07, 6.45) is -0.716. The quantitative estimate of drug-likeness (QED) is 0.602. The van der Waals surface area contributed by atoms with Crippen LogP contribution < -0.4 is 15.2 Å². The summed E-state index contributed by atoms with van der Waals surface area (Å²) in [7, 11) is -4.13. The first-order valence-electron chi connectivity index (χ1n) is 6.06. The minimum absolute atomic E-state index is 0.0739.